The van der Waals surface area contributed by atoms with E-state index in [1.54, 1.807) is 0 Å². The van der Waals surface area contributed by atoms with Gasteiger partial charge in [0.25, 0.3) is 0 Å². The minimum absolute atomic E-state index is 0.199. The molecule has 0 unspecified atom stereocenters. The third-order valence-electron chi connectivity index (χ3n) is 7.11. The highest BCUT2D eigenvalue weighted by atomic mass is 16.6. The van der Waals surface area contributed by atoms with Gasteiger partial charge >= 0.3 is 0 Å². The van der Waals surface area contributed by atoms with Crippen molar-refractivity contribution in [1.82, 2.24) is 0 Å². The summed E-state index contributed by atoms with van der Waals surface area (Å²) in [6, 6.07) is 38.8. The van der Waals surface area contributed by atoms with Crippen LogP contribution in [0.3, 0.4) is 0 Å². The van der Waals surface area contributed by atoms with Gasteiger partial charge in [-0.05, 0) is 22.3 Å². The van der Waals surface area contributed by atoms with Crippen LogP contribution in [0.15, 0.2) is 121 Å². The van der Waals surface area contributed by atoms with E-state index in [1.807, 2.05) is 121 Å². The molecule has 0 aliphatic carbocycles. The number of rotatable bonds is 12. The maximum Gasteiger partial charge on any atom is 0.117 e. The van der Waals surface area contributed by atoms with Gasteiger partial charge in [-0.15, -0.1) is 0 Å². The van der Waals surface area contributed by atoms with Crippen molar-refractivity contribution in [2.45, 2.75) is 56.4 Å². The molecule has 1 aliphatic heterocycles. The molecule has 0 amide bonds. The second-order valence-electron chi connectivity index (χ2n) is 10.0. The second kappa shape index (κ2) is 14.3. The fraction of sp³-hybridized carbons (Fsp3) is 0.294. The molecule has 6 nitrogen and oxygen atoms in total. The van der Waals surface area contributed by atoms with E-state index in [9.17, 15) is 10.2 Å². The van der Waals surface area contributed by atoms with Crippen LogP contribution in [0.5, 0.6) is 0 Å². The zero-order valence-electron chi connectivity index (χ0n) is 22.4. The first-order valence-corrected chi connectivity index (χ1v) is 13.7. The molecule has 1 fully saturated rings. The first kappa shape index (κ1) is 28.2. The minimum atomic E-state index is -1.15. The minimum Gasteiger partial charge on any atom is -0.387 e. The van der Waals surface area contributed by atoms with E-state index in [4.69, 9.17) is 18.9 Å². The Labute approximate surface area is 235 Å². The number of hydrogen-bond donors (Lipinski definition) is 2. The van der Waals surface area contributed by atoms with E-state index in [1.165, 1.54) is 0 Å². The number of aliphatic hydroxyl groups excluding tert-OH is 2. The van der Waals surface area contributed by atoms with Gasteiger partial charge in [-0.1, -0.05) is 121 Å². The summed E-state index contributed by atoms with van der Waals surface area (Å²) < 4.78 is 25.3. The molecule has 208 valence electrons. The Morgan fingerprint density at radius 3 is 1.57 bits per heavy atom. The molecule has 0 bridgehead atoms. The highest BCUT2D eigenvalue weighted by Crippen LogP contribution is 2.34. The topological polar surface area (TPSA) is 77.4 Å². The monoisotopic (exact) mass is 540 g/mol. The Morgan fingerprint density at radius 2 is 1.05 bits per heavy atom. The fourth-order valence-corrected chi connectivity index (χ4v) is 4.98. The summed E-state index contributed by atoms with van der Waals surface area (Å²) in [5, 5.41) is 22.9. The number of ether oxygens (including phenoxy) is 4. The molecule has 0 aromatic heterocycles. The van der Waals surface area contributed by atoms with Gasteiger partial charge in [-0.2, -0.15) is 0 Å². The molecular formula is C34H36O6. The van der Waals surface area contributed by atoms with E-state index in [2.05, 4.69) is 0 Å². The molecule has 0 spiro atoms. The third kappa shape index (κ3) is 7.43. The average molecular weight is 541 g/mol. The summed E-state index contributed by atoms with van der Waals surface area (Å²) in [5.41, 5.74) is 3.66. The van der Waals surface area contributed by atoms with E-state index in [-0.39, 0.29) is 13.2 Å². The van der Waals surface area contributed by atoms with Gasteiger partial charge in [0.05, 0.1) is 26.4 Å². The van der Waals surface area contributed by atoms with Crippen LogP contribution in [0.2, 0.25) is 0 Å². The molecule has 6 heteroatoms. The van der Waals surface area contributed by atoms with Crippen molar-refractivity contribution < 1.29 is 29.2 Å². The quantitative estimate of drug-likeness (QED) is 0.256. The standard InChI is InChI=1S/C34H36O6/c35-30(28-19-11-4-12-20-28)33-31(36)34(39-23-27-17-9-3-10-18-27)32(38-22-26-15-7-2-8-16-26)29(40-33)24-37-21-25-13-5-1-6-14-25/h1-20,29-36H,21-24H2/t29-,30+,31+,32+,33-,34-/m1/s1. The van der Waals surface area contributed by atoms with Gasteiger partial charge < -0.3 is 29.2 Å². The van der Waals surface area contributed by atoms with Crippen molar-refractivity contribution in [2.75, 3.05) is 6.61 Å². The van der Waals surface area contributed by atoms with Crippen LogP contribution in [0.25, 0.3) is 0 Å². The van der Waals surface area contributed by atoms with Crippen molar-refractivity contribution in [3.8, 4) is 0 Å². The summed E-state index contributed by atoms with van der Waals surface area (Å²) in [6.45, 7) is 1.19. The van der Waals surface area contributed by atoms with Gasteiger partial charge in [0.2, 0.25) is 0 Å². The van der Waals surface area contributed by atoms with Crippen LogP contribution in [0.4, 0.5) is 0 Å². The molecular weight excluding hydrogens is 504 g/mol. The van der Waals surface area contributed by atoms with E-state index < -0.39 is 36.6 Å². The Bertz CT molecular complexity index is 1250. The van der Waals surface area contributed by atoms with Gasteiger partial charge in [0, 0.05) is 0 Å². The van der Waals surface area contributed by atoms with Gasteiger partial charge in [0.1, 0.15) is 36.6 Å². The van der Waals surface area contributed by atoms with Crippen molar-refractivity contribution in [2.24, 2.45) is 0 Å². The van der Waals surface area contributed by atoms with Crippen molar-refractivity contribution in [1.29, 1.82) is 0 Å². The predicted molar refractivity (Wildman–Crippen MR) is 152 cm³/mol. The van der Waals surface area contributed by atoms with Gasteiger partial charge in [-0.3, -0.25) is 0 Å². The Kier molecular flexibility index (Phi) is 10.1. The predicted octanol–water partition coefficient (Wildman–Crippen LogP) is 5.24. The zero-order chi connectivity index (χ0) is 27.6. The molecule has 0 radical (unpaired) electrons. The maximum atomic E-state index is 11.6. The molecule has 1 saturated heterocycles. The number of hydrogen-bond acceptors (Lipinski definition) is 6. The lowest BCUT2D eigenvalue weighted by atomic mass is 9.89. The smallest absolute Gasteiger partial charge is 0.117 e. The first-order chi connectivity index (χ1) is 19.7. The highest BCUT2D eigenvalue weighted by molar-refractivity contribution is 5.20. The lowest BCUT2D eigenvalue weighted by Gasteiger charge is -2.46. The molecule has 0 saturated carbocycles. The van der Waals surface area contributed by atoms with Crippen LogP contribution in [0, 0.1) is 0 Å². The first-order valence-electron chi connectivity index (χ1n) is 13.7. The molecule has 4 aromatic rings. The molecule has 5 rings (SSSR count). The van der Waals surface area contributed by atoms with Crippen LogP contribution < -0.4 is 0 Å². The lowest BCUT2D eigenvalue weighted by molar-refractivity contribution is -0.276. The second-order valence-corrected chi connectivity index (χ2v) is 10.0. The Hall–Kier alpha value is -3.36. The van der Waals surface area contributed by atoms with E-state index in [0.29, 0.717) is 18.8 Å². The summed E-state index contributed by atoms with van der Waals surface area (Å²) in [4.78, 5) is 0. The van der Waals surface area contributed by atoms with Crippen molar-refractivity contribution >= 4 is 0 Å². The van der Waals surface area contributed by atoms with E-state index >= 15 is 0 Å². The summed E-state index contributed by atoms with van der Waals surface area (Å²) in [6.07, 6.45) is -5.17. The highest BCUT2D eigenvalue weighted by Gasteiger charge is 2.49. The van der Waals surface area contributed by atoms with Crippen LogP contribution in [-0.2, 0) is 38.8 Å². The van der Waals surface area contributed by atoms with Crippen LogP contribution in [0.1, 0.15) is 28.4 Å². The third-order valence-corrected chi connectivity index (χ3v) is 7.11. The molecule has 4 aromatic carbocycles. The fourth-order valence-electron chi connectivity index (χ4n) is 4.98. The number of benzene rings is 4. The largest absolute Gasteiger partial charge is 0.387 e. The van der Waals surface area contributed by atoms with Crippen LogP contribution in [-0.4, -0.2) is 47.3 Å². The molecule has 40 heavy (non-hydrogen) atoms. The van der Waals surface area contributed by atoms with E-state index in [0.717, 1.165) is 16.7 Å². The number of aliphatic hydroxyl groups is 2. The zero-order valence-corrected chi connectivity index (χ0v) is 22.4. The molecule has 1 aliphatic rings. The van der Waals surface area contributed by atoms with Crippen LogP contribution >= 0.6 is 0 Å². The van der Waals surface area contributed by atoms with Gasteiger partial charge in [-0.25, -0.2) is 0 Å². The average Bonchev–Trinajstić information content (AvgIpc) is 3.02. The molecule has 2 N–H and O–H groups in total. The SMILES string of the molecule is O[C@@H]1[C@@H](OCc2ccccc2)[C@@H](OCc2ccccc2)[C@@H](COCc2ccccc2)O[C@@H]1[C@@H](O)c1ccccc1. The summed E-state index contributed by atoms with van der Waals surface area (Å²) in [7, 11) is 0. The summed E-state index contributed by atoms with van der Waals surface area (Å²) >= 11 is 0. The molecule has 1 heterocycles. The van der Waals surface area contributed by atoms with Crippen molar-refractivity contribution in [3.05, 3.63) is 144 Å². The maximum absolute atomic E-state index is 11.6. The molecule has 6 atom stereocenters. The van der Waals surface area contributed by atoms with Crippen molar-refractivity contribution in [3.63, 3.8) is 0 Å². The van der Waals surface area contributed by atoms with Gasteiger partial charge in [0.15, 0.2) is 0 Å². The summed E-state index contributed by atoms with van der Waals surface area (Å²) in [5.74, 6) is 0. The Balaban J connectivity index is 1.40. The lowest BCUT2D eigenvalue weighted by Crippen LogP contribution is -2.61. The normalized spacial score (nSPS) is 23.5. The Morgan fingerprint density at radius 1 is 0.600 bits per heavy atom.